The number of benzene rings is 1. The molecule has 10 heteroatoms. The van der Waals surface area contributed by atoms with Crippen molar-refractivity contribution in [1.82, 2.24) is 14.9 Å². The number of fused-ring (bicyclic) bond motifs is 2. The number of rotatable bonds is 4. The number of carbonyl (C=O) groups is 1. The highest BCUT2D eigenvalue weighted by molar-refractivity contribution is 7.09. The Morgan fingerprint density at radius 1 is 1.26 bits per heavy atom. The number of ether oxygens (including phenoxy) is 2. The molecule has 0 bridgehead atoms. The minimum absolute atomic E-state index is 0.0950. The third-order valence-corrected chi connectivity index (χ3v) is 4.88. The van der Waals surface area contributed by atoms with Crippen LogP contribution in [0.5, 0.6) is 11.5 Å². The lowest BCUT2D eigenvalue weighted by Gasteiger charge is -2.18. The number of halogens is 3. The Balaban J connectivity index is 1.67. The quantitative estimate of drug-likeness (QED) is 0.734. The molecule has 1 aliphatic rings. The molecular formula is C17H14F3N3O3S. The van der Waals surface area contributed by atoms with E-state index >= 15 is 0 Å². The topological polar surface area (TPSA) is 65.4 Å². The third kappa shape index (κ3) is 3.57. The number of hydrogen-bond acceptors (Lipinski definition) is 5. The van der Waals surface area contributed by atoms with Crippen molar-refractivity contribution in [3.63, 3.8) is 0 Å². The van der Waals surface area contributed by atoms with E-state index < -0.39 is 24.5 Å². The summed E-state index contributed by atoms with van der Waals surface area (Å²) in [7, 11) is 0. The molecule has 4 rings (SSSR count). The van der Waals surface area contributed by atoms with E-state index in [-0.39, 0.29) is 17.6 Å². The van der Waals surface area contributed by atoms with Gasteiger partial charge in [-0.1, -0.05) is 6.07 Å². The van der Waals surface area contributed by atoms with E-state index in [0.717, 1.165) is 9.44 Å². The summed E-state index contributed by atoms with van der Waals surface area (Å²) in [4.78, 5) is 16.8. The van der Waals surface area contributed by atoms with Gasteiger partial charge in [0.25, 0.3) is 0 Å². The molecule has 1 aliphatic heterocycles. The van der Waals surface area contributed by atoms with Crippen LogP contribution in [0.1, 0.15) is 10.7 Å². The van der Waals surface area contributed by atoms with Crippen LogP contribution in [0.4, 0.5) is 13.2 Å². The fraction of sp³-hybridized carbons (Fsp3) is 0.294. The van der Waals surface area contributed by atoms with E-state index in [2.05, 4.69) is 10.3 Å². The van der Waals surface area contributed by atoms with Crippen molar-refractivity contribution in [1.29, 1.82) is 0 Å². The van der Waals surface area contributed by atoms with Gasteiger partial charge in [0, 0.05) is 17.0 Å². The maximum Gasteiger partial charge on any atom is 0.449 e. The van der Waals surface area contributed by atoms with E-state index in [1.54, 1.807) is 0 Å². The number of carbonyl (C=O) groups excluding carboxylic acids is 1. The van der Waals surface area contributed by atoms with Gasteiger partial charge in [-0.25, -0.2) is 4.98 Å². The Labute approximate surface area is 155 Å². The van der Waals surface area contributed by atoms with Crippen LogP contribution in [-0.4, -0.2) is 28.7 Å². The van der Waals surface area contributed by atoms with Crippen LogP contribution in [0, 0.1) is 0 Å². The second-order valence-corrected chi connectivity index (χ2v) is 6.89. The van der Waals surface area contributed by atoms with Gasteiger partial charge in [0.2, 0.25) is 11.7 Å². The zero-order valence-corrected chi connectivity index (χ0v) is 14.7. The molecule has 0 aliphatic carbocycles. The van der Waals surface area contributed by atoms with Crippen LogP contribution < -0.4 is 14.8 Å². The Morgan fingerprint density at radius 3 is 2.67 bits per heavy atom. The molecule has 0 unspecified atom stereocenters. The predicted octanol–water partition coefficient (Wildman–Crippen LogP) is 3.20. The zero-order valence-electron chi connectivity index (χ0n) is 13.9. The second kappa shape index (κ2) is 6.76. The van der Waals surface area contributed by atoms with Gasteiger partial charge in [0.1, 0.15) is 19.8 Å². The highest BCUT2D eigenvalue weighted by Crippen LogP contribution is 2.37. The van der Waals surface area contributed by atoms with Crippen molar-refractivity contribution in [3.05, 3.63) is 40.3 Å². The predicted molar refractivity (Wildman–Crippen MR) is 91.9 cm³/mol. The first-order chi connectivity index (χ1) is 12.9. The maximum atomic E-state index is 13.4. The Kier molecular flexibility index (Phi) is 4.42. The summed E-state index contributed by atoms with van der Waals surface area (Å²) in [6.07, 6.45) is -4.70. The number of imidazole rings is 1. The van der Waals surface area contributed by atoms with E-state index in [1.807, 2.05) is 17.5 Å². The van der Waals surface area contributed by atoms with Crippen LogP contribution in [0.3, 0.4) is 0 Å². The molecule has 6 nitrogen and oxygen atoms in total. The number of thiophene rings is 1. The standard InChI is InChI=1S/C17H14F3N3O3S/c18-17(19,20)16-22-11-6-13-14(26-4-3-25-13)7-12(11)23(16)9-15(24)21-8-10-2-1-5-27-10/h1-2,5-7H,3-4,8-9H2,(H,21,24). The van der Waals surface area contributed by atoms with E-state index in [4.69, 9.17) is 9.47 Å². The summed E-state index contributed by atoms with van der Waals surface area (Å²) in [5, 5.41) is 4.49. The molecule has 27 heavy (non-hydrogen) atoms. The molecule has 0 fully saturated rings. The molecule has 3 aromatic rings. The third-order valence-electron chi connectivity index (χ3n) is 4.01. The van der Waals surface area contributed by atoms with Crippen molar-refractivity contribution in [2.45, 2.75) is 19.3 Å². The van der Waals surface area contributed by atoms with Crippen molar-refractivity contribution in [2.75, 3.05) is 13.2 Å². The van der Waals surface area contributed by atoms with Crippen LogP contribution in [0.15, 0.2) is 29.6 Å². The highest BCUT2D eigenvalue weighted by Gasteiger charge is 2.38. The van der Waals surface area contributed by atoms with Crippen molar-refractivity contribution in [2.24, 2.45) is 0 Å². The van der Waals surface area contributed by atoms with Crippen LogP contribution >= 0.6 is 11.3 Å². The van der Waals surface area contributed by atoms with E-state index in [9.17, 15) is 18.0 Å². The van der Waals surface area contributed by atoms with E-state index in [0.29, 0.717) is 24.7 Å². The molecule has 3 heterocycles. The number of nitrogens with zero attached hydrogens (tertiary/aromatic N) is 2. The molecule has 1 aromatic carbocycles. The molecule has 0 saturated carbocycles. The number of aromatic nitrogens is 2. The van der Waals surface area contributed by atoms with Crippen LogP contribution in [-0.2, 0) is 24.1 Å². The normalized spacial score (nSPS) is 13.7. The summed E-state index contributed by atoms with van der Waals surface area (Å²) in [5.74, 6) is -0.994. The molecule has 142 valence electrons. The lowest BCUT2D eigenvalue weighted by molar-refractivity contribution is -0.147. The average molecular weight is 397 g/mol. The molecule has 0 radical (unpaired) electrons. The monoisotopic (exact) mass is 397 g/mol. The van der Waals surface area contributed by atoms with Gasteiger partial charge in [-0.15, -0.1) is 11.3 Å². The Bertz CT molecular complexity index is 983. The van der Waals surface area contributed by atoms with Gasteiger partial charge in [-0.3, -0.25) is 4.79 Å². The first-order valence-corrected chi connectivity index (χ1v) is 8.96. The van der Waals surface area contributed by atoms with E-state index in [1.165, 1.54) is 23.5 Å². The summed E-state index contributed by atoms with van der Waals surface area (Å²) in [5.41, 5.74) is 0.260. The van der Waals surface area contributed by atoms with Gasteiger partial charge in [-0.2, -0.15) is 13.2 Å². The zero-order chi connectivity index (χ0) is 19.0. The van der Waals surface area contributed by atoms with Crippen LogP contribution in [0.2, 0.25) is 0 Å². The first-order valence-electron chi connectivity index (χ1n) is 8.08. The molecular weight excluding hydrogens is 383 g/mol. The minimum Gasteiger partial charge on any atom is -0.486 e. The maximum absolute atomic E-state index is 13.4. The summed E-state index contributed by atoms with van der Waals surface area (Å²) in [6, 6.07) is 6.50. The SMILES string of the molecule is O=C(Cn1c(C(F)(F)F)nc2cc3c(cc21)OCCO3)NCc1cccs1. The lowest BCUT2D eigenvalue weighted by atomic mass is 10.2. The Morgan fingerprint density at radius 2 is 2.00 bits per heavy atom. The molecule has 1 N–H and O–H groups in total. The molecule has 0 saturated heterocycles. The smallest absolute Gasteiger partial charge is 0.449 e. The van der Waals surface area contributed by atoms with Crippen LogP contribution in [0.25, 0.3) is 11.0 Å². The second-order valence-electron chi connectivity index (χ2n) is 5.86. The lowest BCUT2D eigenvalue weighted by Crippen LogP contribution is -2.28. The van der Waals surface area contributed by atoms with Crippen molar-refractivity contribution < 1.29 is 27.4 Å². The highest BCUT2D eigenvalue weighted by atomic mass is 32.1. The van der Waals surface area contributed by atoms with Gasteiger partial charge >= 0.3 is 6.18 Å². The van der Waals surface area contributed by atoms with Gasteiger partial charge in [0.05, 0.1) is 17.6 Å². The average Bonchev–Trinajstić information content (AvgIpc) is 3.26. The number of alkyl halides is 3. The largest absolute Gasteiger partial charge is 0.486 e. The number of amides is 1. The molecule has 1 amide bonds. The summed E-state index contributed by atoms with van der Waals surface area (Å²) < 4.78 is 52.0. The van der Waals surface area contributed by atoms with Gasteiger partial charge < -0.3 is 19.4 Å². The molecule has 0 atom stereocenters. The Hall–Kier alpha value is -2.75. The number of nitrogens with one attached hydrogen (secondary N) is 1. The molecule has 0 spiro atoms. The number of hydrogen-bond donors (Lipinski definition) is 1. The minimum atomic E-state index is -4.70. The summed E-state index contributed by atoms with van der Waals surface area (Å²) in [6.45, 7) is 0.379. The van der Waals surface area contributed by atoms with Crippen molar-refractivity contribution >= 4 is 28.3 Å². The first kappa shape index (κ1) is 17.7. The summed E-state index contributed by atoms with van der Waals surface area (Å²) >= 11 is 1.45. The van der Waals surface area contributed by atoms with Crippen molar-refractivity contribution in [3.8, 4) is 11.5 Å². The fourth-order valence-electron chi connectivity index (χ4n) is 2.84. The van der Waals surface area contributed by atoms with Gasteiger partial charge in [0.15, 0.2) is 11.5 Å². The molecule has 2 aromatic heterocycles. The fourth-order valence-corrected chi connectivity index (χ4v) is 3.48. The van der Waals surface area contributed by atoms with Gasteiger partial charge in [-0.05, 0) is 11.4 Å².